The largest absolute Gasteiger partial charge is 0.376 e. The molecular weight excluding hydrogens is 218 g/mol. The van der Waals surface area contributed by atoms with E-state index >= 15 is 0 Å². The van der Waals surface area contributed by atoms with Crippen molar-refractivity contribution in [3.05, 3.63) is 16.3 Å². The average molecular weight is 229 g/mol. The number of ether oxygens (including phenoxy) is 1. The Morgan fingerprint density at radius 2 is 2.60 bits per heavy atom. The van der Waals surface area contributed by atoms with Gasteiger partial charge < -0.3 is 10.1 Å². The molecule has 82 valence electrons. The van der Waals surface area contributed by atoms with Crippen molar-refractivity contribution in [2.45, 2.75) is 25.5 Å². The van der Waals surface area contributed by atoms with E-state index in [1.54, 1.807) is 0 Å². The Kier molecular flexibility index (Phi) is 2.83. The van der Waals surface area contributed by atoms with Crippen molar-refractivity contribution in [2.75, 3.05) is 11.9 Å². The molecule has 1 N–H and O–H groups in total. The number of nitrogens with zero attached hydrogens (tertiary/aromatic N) is 2. The van der Waals surface area contributed by atoms with E-state index in [1.807, 2.05) is 6.92 Å². The lowest BCUT2D eigenvalue weighted by Gasteiger charge is -2.14. The Balaban J connectivity index is 2.01. The highest BCUT2D eigenvalue weighted by molar-refractivity contribution is 7.18. The summed E-state index contributed by atoms with van der Waals surface area (Å²) < 4.78 is 5.37. The molecule has 15 heavy (non-hydrogen) atoms. The van der Waals surface area contributed by atoms with E-state index in [4.69, 9.17) is 4.74 Å². The van der Waals surface area contributed by atoms with E-state index in [0.29, 0.717) is 5.13 Å². The van der Waals surface area contributed by atoms with Crippen molar-refractivity contribution in [3.63, 3.8) is 0 Å². The monoisotopic (exact) mass is 229 g/mol. The molecule has 2 atom stereocenters. The van der Waals surface area contributed by atoms with Crippen LogP contribution in [0, 0.1) is 10.1 Å². The molecule has 0 spiro atoms. The van der Waals surface area contributed by atoms with E-state index in [-0.39, 0.29) is 17.1 Å². The average Bonchev–Trinajstić information content (AvgIpc) is 2.77. The Hall–Kier alpha value is -1.21. The third kappa shape index (κ3) is 2.24. The van der Waals surface area contributed by atoms with Crippen molar-refractivity contribution in [2.24, 2.45) is 0 Å². The normalized spacial score (nSPS) is 25.4. The van der Waals surface area contributed by atoms with Gasteiger partial charge in [0.1, 0.15) is 6.20 Å². The Labute approximate surface area is 90.4 Å². The van der Waals surface area contributed by atoms with E-state index in [1.165, 1.54) is 6.20 Å². The highest BCUT2D eigenvalue weighted by Gasteiger charge is 2.25. The van der Waals surface area contributed by atoms with Crippen molar-refractivity contribution in [1.82, 2.24) is 4.98 Å². The molecule has 1 aromatic heterocycles. The number of thiazole rings is 1. The Bertz CT molecular complexity index is 368. The zero-order chi connectivity index (χ0) is 10.8. The number of rotatable bonds is 3. The zero-order valence-electron chi connectivity index (χ0n) is 8.17. The van der Waals surface area contributed by atoms with Gasteiger partial charge in [0, 0.05) is 6.61 Å². The third-order valence-electron chi connectivity index (χ3n) is 2.36. The molecular formula is C8H11N3O3S. The van der Waals surface area contributed by atoms with Crippen LogP contribution in [0.4, 0.5) is 10.1 Å². The molecule has 0 radical (unpaired) electrons. The Morgan fingerprint density at radius 1 is 1.80 bits per heavy atom. The summed E-state index contributed by atoms with van der Waals surface area (Å²) in [6.07, 6.45) is 2.31. The molecule has 2 unspecified atom stereocenters. The minimum Gasteiger partial charge on any atom is -0.376 e. The van der Waals surface area contributed by atoms with Crippen LogP contribution in [0.25, 0.3) is 0 Å². The first-order valence-electron chi connectivity index (χ1n) is 4.65. The standard InChI is InChI=1S/C8H11N3O3S/c1-5-6(2-3-14-5)10-8-9-4-7(15-8)11(12)13/h4-6H,2-3H2,1H3,(H,9,10). The molecule has 1 aliphatic heterocycles. The number of nitro groups is 1. The van der Waals surface area contributed by atoms with Crippen LogP contribution in [0.5, 0.6) is 0 Å². The van der Waals surface area contributed by atoms with Crippen LogP contribution in [-0.4, -0.2) is 28.7 Å². The molecule has 2 rings (SSSR count). The number of nitrogens with one attached hydrogen (secondary N) is 1. The van der Waals surface area contributed by atoms with Crippen molar-refractivity contribution in [3.8, 4) is 0 Å². The van der Waals surface area contributed by atoms with Crippen LogP contribution >= 0.6 is 11.3 Å². The minimum absolute atomic E-state index is 0.0593. The van der Waals surface area contributed by atoms with Gasteiger partial charge in [0.15, 0.2) is 5.13 Å². The molecule has 0 amide bonds. The molecule has 0 aliphatic carbocycles. The summed E-state index contributed by atoms with van der Waals surface area (Å²) in [5.74, 6) is 0. The SMILES string of the molecule is CC1OCCC1Nc1ncc([N+](=O)[O-])s1. The van der Waals surface area contributed by atoms with Crippen LogP contribution in [0.2, 0.25) is 0 Å². The fraction of sp³-hybridized carbons (Fsp3) is 0.625. The van der Waals surface area contributed by atoms with Gasteiger partial charge in [0.05, 0.1) is 17.1 Å². The summed E-state index contributed by atoms with van der Waals surface area (Å²) in [5, 5.41) is 14.2. The lowest BCUT2D eigenvalue weighted by Crippen LogP contribution is -2.26. The van der Waals surface area contributed by atoms with Gasteiger partial charge in [-0.05, 0) is 24.7 Å². The molecule has 1 fully saturated rings. The fourth-order valence-corrected chi connectivity index (χ4v) is 2.19. The maximum Gasteiger partial charge on any atom is 0.345 e. The Morgan fingerprint density at radius 3 is 3.13 bits per heavy atom. The van der Waals surface area contributed by atoms with Crippen LogP contribution in [0.15, 0.2) is 6.20 Å². The highest BCUT2D eigenvalue weighted by Crippen LogP contribution is 2.27. The van der Waals surface area contributed by atoms with Gasteiger partial charge in [-0.25, -0.2) is 4.98 Å². The second-order valence-electron chi connectivity index (χ2n) is 3.38. The van der Waals surface area contributed by atoms with Crippen LogP contribution in [-0.2, 0) is 4.74 Å². The number of hydrogen-bond acceptors (Lipinski definition) is 6. The lowest BCUT2D eigenvalue weighted by molar-refractivity contribution is -0.380. The first kappa shape index (κ1) is 10.3. The van der Waals surface area contributed by atoms with Crippen LogP contribution in [0.3, 0.4) is 0 Å². The predicted molar refractivity (Wildman–Crippen MR) is 56.2 cm³/mol. The first-order valence-corrected chi connectivity index (χ1v) is 5.47. The topological polar surface area (TPSA) is 77.3 Å². The van der Waals surface area contributed by atoms with E-state index in [0.717, 1.165) is 24.4 Å². The number of aromatic nitrogens is 1. The third-order valence-corrected chi connectivity index (χ3v) is 3.24. The quantitative estimate of drug-likeness (QED) is 0.629. The molecule has 0 bridgehead atoms. The van der Waals surface area contributed by atoms with Gasteiger partial charge in [0.25, 0.3) is 0 Å². The zero-order valence-corrected chi connectivity index (χ0v) is 8.99. The first-order chi connectivity index (χ1) is 7.16. The van der Waals surface area contributed by atoms with Gasteiger partial charge in [-0.3, -0.25) is 10.1 Å². The van der Waals surface area contributed by atoms with Crippen LogP contribution in [0.1, 0.15) is 13.3 Å². The van der Waals surface area contributed by atoms with Crippen molar-refractivity contribution >= 4 is 21.5 Å². The van der Waals surface area contributed by atoms with E-state index < -0.39 is 4.92 Å². The summed E-state index contributed by atoms with van der Waals surface area (Å²) in [7, 11) is 0. The summed E-state index contributed by atoms with van der Waals surface area (Å²) in [6.45, 7) is 2.71. The second kappa shape index (κ2) is 4.11. The lowest BCUT2D eigenvalue weighted by atomic mass is 10.2. The smallest absolute Gasteiger partial charge is 0.345 e. The molecule has 0 saturated carbocycles. The molecule has 1 aliphatic rings. The molecule has 7 heteroatoms. The summed E-state index contributed by atoms with van der Waals surface area (Å²) >= 11 is 1.05. The fourth-order valence-electron chi connectivity index (χ4n) is 1.50. The molecule has 1 aromatic rings. The molecule has 0 aromatic carbocycles. The van der Waals surface area contributed by atoms with Crippen LogP contribution < -0.4 is 5.32 Å². The number of anilines is 1. The predicted octanol–water partition coefficient (Wildman–Crippen LogP) is 1.64. The maximum atomic E-state index is 10.4. The van der Waals surface area contributed by atoms with Gasteiger partial charge in [-0.1, -0.05) is 0 Å². The van der Waals surface area contributed by atoms with Gasteiger partial charge in [-0.15, -0.1) is 0 Å². The summed E-state index contributed by atoms with van der Waals surface area (Å²) in [4.78, 5) is 14.0. The number of hydrogen-bond donors (Lipinski definition) is 1. The maximum absolute atomic E-state index is 10.4. The minimum atomic E-state index is -0.433. The van der Waals surface area contributed by atoms with Gasteiger partial charge in [-0.2, -0.15) is 0 Å². The second-order valence-corrected chi connectivity index (χ2v) is 4.39. The highest BCUT2D eigenvalue weighted by atomic mass is 32.1. The molecule has 2 heterocycles. The van der Waals surface area contributed by atoms with E-state index in [2.05, 4.69) is 10.3 Å². The summed E-state index contributed by atoms with van der Waals surface area (Å²) in [6, 6.07) is 0.204. The molecule has 6 nitrogen and oxygen atoms in total. The van der Waals surface area contributed by atoms with Crippen molar-refractivity contribution < 1.29 is 9.66 Å². The van der Waals surface area contributed by atoms with Gasteiger partial charge >= 0.3 is 5.00 Å². The van der Waals surface area contributed by atoms with Crippen molar-refractivity contribution in [1.29, 1.82) is 0 Å². The van der Waals surface area contributed by atoms with Gasteiger partial charge in [0.2, 0.25) is 0 Å². The summed E-state index contributed by atoms with van der Waals surface area (Å²) in [5.41, 5.74) is 0. The molecule has 1 saturated heterocycles. The van der Waals surface area contributed by atoms with E-state index in [9.17, 15) is 10.1 Å².